The molecule has 1 aromatic rings. The molecular weight excluding hydrogens is 263 g/mol. The van der Waals surface area contributed by atoms with Crippen molar-refractivity contribution >= 4 is 11.6 Å². The fourth-order valence-corrected chi connectivity index (χ4v) is 2.36. The third-order valence-electron chi connectivity index (χ3n) is 3.79. The maximum atomic E-state index is 13.3. The van der Waals surface area contributed by atoms with Crippen molar-refractivity contribution in [2.75, 3.05) is 6.54 Å². The normalized spacial score (nSPS) is 17.9. The Morgan fingerprint density at radius 3 is 2.60 bits per heavy atom. The zero-order valence-electron chi connectivity index (χ0n) is 10.9. The molecule has 5 nitrogen and oxygen atoms in total. The molecule has 6 heteroatoms. The van der Waals surface area contributed by atoms with E-state index in [0.717, 1.165) is 43.9 Å². The number of carbonyl (C=O) groups excluding carboxylic acids is 1. The number of hydrogen-bond donors (Lipinski definition) is 0. The van der Waals surface area contributed by atoms with Crippen LogP contribution in [0.15, 0.2) is 18.2 Å². The van der Waals surface area contributed by atoms with Gasteiger partial charge in [-0.05, 0) is 43.7 Å². The molecule has 0 N–H and O–H groups in total. The summed E-state index contributed by atoms with van der Waals surface area (Å²) >= 11 is 0. The van der Waals surface area contributed by atoms with Crippen LogP contribution in [0.25, 0.3) is 0 Å². The molecule has 0 radical (unpaired) electrons. The lowest BCUT2D eigenvalue weighted by Crippen LogP contribution is -2.35. The number of hydrogen-bond acceptors (Lipinski definition) is 3. The van der Waals surface area contributed by atoms with Crippen molar-refractivity contribution in [3.63, 3.8) is 0 Å². The van der Waals surface area contributed by atoms with Gasteiger partial charge in [0, 0.05) is 18.7 Å². The number of nitro benzene ring substituents is 1. The number of nitrogens with zero attached hydrogens (tertiary/aromatic N) is 2. The van der Waals surface area contributed by atoms with Crippen molar-refractivity contribution in [2.24, 2.45) is 5.92 Å². The summed E-state index contributed by atoms with van der Waals surface area (Å²) in [6.45, 7) is 0.636. The maximum Gasteiger partial charge on any atom is 0.282 e. The molecule has 106 valence electrons. The van der Waals surface area contributed by atoms with E-state index in [1.165, 1.54) is 0 Å². The summed E-state index contributed by atoms with van der Waals surface area (Å²) in [7, 11) is 0. The second-order valence-corrected chi connectivity index (χ2v) is 5.55. The van der Waals surface area contributed by atoms with E-state index in [9.17, 15) is 19.3 Å². The minimum Gasteiger partial charge on any atom is -0.335 e. The Morgan fingerprint density at radius 1 is 1.35 bits per heavy atom. The fourth-order valence-electron chi connectivity index (χ4n) is 2.36. The van der Waals surface area contributed by atoms with Crippen LogP contribution in [-0.4, -0.2) is 28.3 Å². The van der Waals surface area contributed by atoms with Gasteiger partial charge in [0.2, 0.25) is 0 Å². The van der Waals surface area contributed by atoms with Crippen LogP contribution >= 0.6 is 0 Å². The zero-order valence-corrected chi connectivity index (χ0v) is 10.9. The number of amides is 1. The molecule has 0 bridgehead atoms. The number of carbonyl (C=O) groups is 1. The highest BCUT2D eigenvalue weighted by molar-refractivity contribution is 5.98. The lowest BCUT2D eigenvalue weighted by Gasteiger charge is -2.22. The number of nitro groups is 1. The van der Waals surface area contributed by atoms with Gasteiger partial charge in [-0.25, -0.2) is 4.39 Å². The summed E-state index contributed by atoms with van der Waals surface area (Å²) in [5, 5.41) is 11.0. The average Bonchev–Trinajstić information content (AvgIpc) is 3.26. The molecular formula is C14H15FN2O3. The molecule has 0 saturated heterocycles. The predicted molar refractivity (Wildman–Crippen MR) is 69.8 cm³/mol. The van der Waals surface area contributed by atoms with E-state index in [2.05, 4.69) is 0 Å². The van der Waals surface area contributed by atoms with E-state index in [-0.39, 0.29) is 17.3 Å². The van der Waals surface area contributed by atoms with Crippen molar-refractivity contribution in [3.8, 4) is 0 Å². The third-order valence-corrected chi connectivity index (χ3v) is 3.79. The van der Waals surface area contributed by atoms with Gasteiger partial charge in [-0.1, -0.05) is 0 Å². The number of halogens is 1. The Balaban J connectivity index is 1.90. The monoisotopic (exact) mass is 278 g/mol. The highest BCUT2D eigenvalue weighted by Crippen LogP contribution is 2.36. The first-order chi connectivity index (χ1) is 9.56. The number of benzene rings is 1. The van der Waals surface area contributed by atoms with Gasteiger partial charge in [-0.3, -0.25) is 14.9 Å². The Hall–Kier alpha value is -1.98. The highest BCUT2D eigenvalue weighted by atomic mass is 19.1. The summed E-state index contributed by atoms with van der Waals surface area (Å²) in [6, 6.07) is 3.22. The highest BCUT2D eigenvalue weighted by Gasteiger charge is 2.38. The SMILES string of the molecule is O=C(c1cc(F)ccc1[N+](=O)[O-])N(CC1CC1)C1CC1. The lowest BCUT2D eigenvalue weighted by atomic mass is 10.1. The van der Waals surface area contributed by atoms with Crippen LogP contribution in [-0.2, 0) is 0 Å². The van der Waals surface area contributed by atoms with Crippen LogP contribution < -0.4 is 0 Å². The molecule has 2 aliphatic carbocycles. The van der Waals surface area contributed by atoms with Gasteiger partial charge in [0.05, 0.1) is 4.92 Å². The molecule has 1 aromatic carbocycles. The van der Waals surface area contributed by atoms with E-state index in [4.69, 9.17) is 0 Å². The molecule has 1 amide bonds. The van der Waals surface area contributed by atoms with Gasteiger partial charge in [0.1, 0.15) is 11.4 Å². The smallest absolute Gasteiger partial charge is 0.282 e. The van der Waals surface area contributed by atoms with E-state index in [0.29, 0.717) is 12.5 Å². The predicted octanol–water partition coefficient (Wildman–Crippen LogP) is 2.75. The van der Waals surface area contributed by atoms with Gasteiger partial charge in [-0.15, -0.1) is 0 Å². The summed E-state index contributed by atoms with van der Waals surface area (Å²) in [5.41, 5.74) is -0.458. The summed E-state index contributed by atoms with van der Waals surface area (Å²) in [5.74, 6) is -0.529. The van der Waals surface area contributed by atoms with Crippen LogP contribution in [0.1, 0.15) is 36.0 Å². The van der Waals surface area contributed by atoms with Gasteiger partial charge in [-0.2, -0.15) is 0 Å². The lowest BCUT2D eigenvalue weighted by molar-refractivity contribution is -0.385. The van der Waals surface area contributed by atoms with Gasteiger partial charge in [0.25, 0.3) is 11.6 Å². The summed E-state index contributed by atoms with van der Waals surface area (Å²) < 4.78 is 13.3. The van der Waals surface area contributed by atoms with Crippen LogP contribution in [0.3, 0.4) is 0 Å². The van der Waals surface area contributed by atoms with Gasteiger partial charge in [0.15, 0.2) is 0 Å². The summed E-state index contributed by atoms with van der Waals surface area (Å²) in [4.78, 5) is 24.6. The molecule has 3 rings (SSSR count). The van der Waals surface area contributed by atoms with Crippen LogP contribution in [0.2, 0.25) is 0 Å². The quantitative estimate of drug-likeness (QED) is 0.614. The molecule has 2 aliphatic rings. The zero-order chi connectivity index (χ0) is 14.3. The first-order valence-corrected chi connectivity index (χ1v) is 6.81. The van der Waals surface area contributed by atoms with Crippen molar-refractivity contribution in [2.45, 2.75) is 31.7 Å². The van der Waals surface area contributed by atoms with Gasteiger partial charge < -0.3 is 4.90 Å². The second-order valence-electron chi connectivity index (χ2n) is 5.55. The topological polar surface area (TPSA) is 63.4 Å². The largest absolute Gasteiger partial charge is 0.335 e. The van der Waals surface area contributed by atoms with Crippen molar-refractivity contribution < 1.29 is 14.1 Å². The van der Waals surface area contributed by atoms with E-state index in [1.807, 2.05) is 0 Å². The number of rotatable bonds is 5. The van der Waals surface area contributed by atoms with E-state index in [1.54, 1.807) is 4.90 Å². The standard InChI is InChI=1S/C14H15FN2O3/c15-10-3-6-13(17(19)20)12(7-10)14(18)16(11-4-5-11)8-9-1-2-9/h3,6-7,9,11H,1-2,4-5,8H2. The Morgan fingerprint density at radius 2 is 2.05 bits per heavy atom. The van der Waals surface area contributed by atoms with Crippen LogP contribution in [0.4, 0.5) is 10.1 Å². The molecule has 2 fully saturated rings. The second kappa shape index (κ2) is 4.85. The van der Waals surface area contributed by atoms with E-state index >= 15 is 0 Å². The molecule has 0 spiro atoms. The molecule has 2 saturated carbocycles. The molecule has 0 atom stereocenters. The van der Waals surface area contributed by atoms with Crippen LogP contribution in [0.5, 0.6) is 0 Å². The van der Waals surface area contributed by atoms with Crippen molar-refractivity contribution in [1.29, 1.82) is 0 Å². The van der Waals surface area contributed by atoms with Crippen molar-refractivity contribution in [3.05, 3.63) is 39.7 Å². The molecule has 0 aromatic heterocycles. The van der Waals surface area contributed by atoms with E-state index < -0.39 is 16.6 Å². The van der Waals surface area contributed by atoms with Crippen LogP contribution in [0, 0.1) is 21.8 Å². The molecule has 0 aliphatic heterocycles. The average molecular weight is 278 g/mol. The third kappa shape index (κ3) is 2.64. The Kier molecular flexibility index (Phi) is 3.16. The molecule has 20 heavy (non-hydrogen) atoms. The summed E-state index contributed by atoms with van der Waals surface area (Å²) in [6.07, 6.45) is 4.06. The van der Waals surface area contributed by atoms with Crippen molar-refractivity contribution in [1.82, 2.24) is 4.90 Å². The minimum atomic E-state index is -0.630. The minimum absolute atomic E-state index is 0.137. The maximum absolute atomic E-state index is 13.3. The first kappa shape index (κ1) is 13.0. The molecule has 0 unspecified atom stereocenters. The van der Waals surface area contributed by atoms with Gasteiger partial charge >= 0.3 is 0 Å². The fraction of sp³-hybridized carbons (Fsp3) is 0.500. The molecule has 0 heterocycles. The Bertz CT molecular complexity index is 568. The Labute approximate surface area is 115 Å². The first-order valence-electron chi connectivity index (χ1n) is 6.81.